The van der Waals surface area contributed by atoms with Crippen LogP contribution in [-0.2, 0) is 9.71 Å². The smallest absolute Gasteiger partial charge is 0.119 e. The molecule has 2 rings (SSSR count). The zero-order chi connectivity index (χ0) is 9.31. The molecule has 1 aliphatic heterocycles. The molecule has 0 spiro atoms. The highest BCUT2D eigenvalue weighted by molar-refractivity contribution is 7.99. The molecule has 1 aliphatic rings. The van der Waals surface area contributed by atoms with Gasteiger partial charge in [0.15, 0.2) is 0 Å². The monoisotopic (exact) mass is 191 g/mol. The van der Waals surface area contributed by atoms with Gasteiger partial charge in [-0.2, -0.15) is 0 Å². The Kier molecular flexibility index (Phi) is 1.76. The van der Waals surface area contributed by atoms with Crippen LogP contribution >= 0.6 is 0 Å². The molecule has 0 aromatic heterocycles. The van der Waals surface area contributed by atoms with Crippen molar-refractivity contribution in [3.8, 4) is 0 Å². The topological polar surface area (TPSA) is 29.1 Å². The summed E-state index contributed by atoms with van der Waals surface area (Å²) in [6.45, 7) is 3.46. The minimum atomic E-state index is -2.39. The first kappa shape index (κ1) is 8.17. The van der Waals surface area contributed by atoms with Crippen LogP contribution < -0.4 is 4.72 Å². The molecular weight excluding hydrogens is 182 g/mol. The minimum absolute atomic E-state index is 0.757. The van der Waals surface area contributed by atoms with Crippen LogP contribution in [0.4, 0.5) is 0 Å². The molecule has 1 aromatic carbocycles. The van der Waals surface area contributed by atoms with E-state index in [1.54, 1.807) is 6.20 Å². The Morgan fingerprint density at radius 3 is 2.92 bits per heavy atom. The summed E-state index contributed by atoms with van der Waals surface area (Å²) >= 11 is 0. The Bertz CT molecular complexity index is 503. The first-order valence-corrected chi connectivity index (χ1v) is 5.43. The van der Waals surface area contributed by atoms with E-state index in [1.165, 1.54) is 0 Å². The lowest BCUT2D eigenvalue weighted by molar-refractivity contribution is 0.677. The van der Waals surface area contributed by atoms with E-state index in [1.807, 2.05) is 30.3 Å². The van der Waals surface area contributed by atoms with E-state index >= 15 is 0 Å². The number of hydrogen-bond donors (Lipinski definition) is 1. The van der Waals surface area contributed by atoms with Crippen molar-refractivity contribution in [1.29, 1.82) is 0 Å². The van der Waals surface area contributed by atoms with Crippen LogP contribution in [0.15, 0.2) is 41.9 Å². The Morgan fingerprint density at radius 2 is 2.15 bits per heavy atom. The van der Waals surface area contributed by atoms with Crippen molar-refractivity contribution in [2.24, 2.45) is 0 Å². The van der Waals surface area contributed by atoms with Gasteiger partial charge in [0.1, 0.15) is 9.71 Å². The number of nitrogens with one attached hydrogen (secondary N) is 1. The molecule has 0 radical (unpaired) electrons. The van der Waals surface area contributed by atoms with Crippen molar-refractivity contribution in [1.82, 2.24) is 4.72 Å². The molecule has 1 atom stereocenters. The third kappa shape index (κ3) is 1.18. The van der Waals surface area contributed by atoms with Crippen molar-refractivity contribution < 1.29 is 4.21 Å². The number of hydrogen-bond acceptors (Lipinski definition) is 1. The van der Waals surface area contributed by atoms with Gasteiger partial charge in [0.25, 0.3) is 0 Å². The second kappa shape index (κ2) is 2.80. The molecule has 3 heteroatoms. The predicted octanol–water partition coefficient (Wildman–Crippen LogP) is 1.41. The molecular formula is C10H9NOS. The maximum absolute atomic E-state index is 12.1. The molecule has 1 heterocycles. The zero-order valence-corrected chi connectivity index (χ0v) is 7.80. The van der Waals surface area contributed by atoms with Crippen LogP contribution in [0.3, 0.4) is 0 Å². The van der Waals surface area contributed by atoms with Crippen LogP contribution in [0.25, 0.3) is 6.08 Å². The maximum Gasteiger partial charge on any atom is 0.119 e. The molecule has 1 unspecified atom stereocenters. The predicted molar refractivity (Wildman–Crippen MR) is 55.7 cm³/mol. The fraction of sp³-hybridized carbons (Fsp3) is 0. The molecule has 13 heavy (non-hydrogen) atoms. The average Bonchev–Trinajstić information content (AvgIpc) is 2.19. The standard InChI is InChI=1S/C10H9NOS/c1-2-13(12)10-6-4-3-5-9(10)7-8-11-13/h3-8H,1H2,(H,11,12). The molecule has 2 nitrogen and oxygen atoms in total. The maximum atomic E-state index is 12.1. The van der Waals surface area contributed by atoms with Crippen molar-refractivity contribution >= 4 is 20.8 Å². The van der Waals surface area contributed by atoms with Gasteiger partial charge in [0.2, 0.25) is 0 Å². The average molecular weight is 191 g/mol. The highest BCUT2D eigenvalue weighted by Gasteiger charge is 2.13. The van der Waals surface area contributed by atoms with Crippen LogP contribution in [0, 0.1) is 0 Å². The minimum Gasteiger partial charge on any atom is -0.310 e. The molecule has 0 saturated carbocycles. The first-order chi connectivity index (χ1) is 6.26. The molecule has 0 aliphatic carbocycles. The van der Waals surface area contributed by atoms with Gasteiger partial charge < -0.3 is 4.72 Å². The second-order valence-electron chi connectivity index (χ2n) is 2.69. The fourth-order valence-corrected chi connectivity index (χ4v) is 2.65. The Morgan fingerprint density at radius 1 is 1.38 bits per heavy atom. The lowest BCUT2D eigenvalue weighted by atomic mass is 10.2. The first-order valence-electron chi connectivity index (χ1n) is 3.87. The summed E-state index contributed by atoms with van der Waals surface area (Å²) in [5.74, 6) is 0. The summed E-state index contributed by atoms with van der Waals surface area (Å²) in [6, 6.07) is 7.52. The van der Waals surface area contributed by atoms with Gasteiger partial charge in [-0.15, -0.1) is 0 Å². The van der Waals surface area contributed by atoms with E-state index in [2.05, 4.69) is 16.3 Å². The number of benzene rings is 1. The quantitative estimate of drug-likeness (QED) is 0.617. The van der Waals surface area contributed by atoms with Gasteiger partial charge in [-0.3, -0.25) is 0 Å². The van der Waals surface area contributed by atoms with Gasteiger partial charge in [0, 0.05) is 6.20 Å². The van der Waals surface area contributed by atoms with Gasteiger partial charge in [-0.05, 0) is 29.3 Å². The van der Waals surface area contributed by atoms with Crippen molar-refractivity contribution in [2.75, 3.05) is 0 Å². The largest absolute Gasteiger partial charge is 0.310 e. The van der Waals surface area contributed by atoms with Crippen LogP contribution in [0.5, 0.6) is 0 Å². The molecule has 0 amide bonds. The van der Waals surface area contributed by atoms with Crippen molar-refractivity contribution in [2.45, 2.75) is 4.90 Å². The van der Waals surface area contributed by atoms with Crippen LogP contribution in [0.2, 0.25) is 0 Å². The van der Waals surface area contributed by atoms with Crippen molar-refractivity contribution in [3.05, 3.63) is 42.6 Å². The van der Waals surface area contributed by atoms with E-state index in [9.17, 15) is 4.21 Å². The third-order valence-corrected chi connectivity index (χ3v) is 3.79. The number of rotatable bonds is 0. The van der Waals surface area contributed by atoms with E-state index in [0.29, 0.717) is 0 Å². The van der Waals surface area contributed by atoms with Crippen LogP contribution in [0.1, 0.15) is 5.56 Å². The normalized spacial score (nSPS) is 24.3. The molecule has 66 valence electrons. The van der Waals surface area contributed by atoms with E-state index in [4.69, 9.17) is 0 Å². The summed E-state index contributed by atoms with van der Waals surface area (Å²) in [7, 11) is -2.39. The molecule has 1 aromatic rings. The second-order valence-corrected chi connectivity index (χ2v) is 4.77. The lowest BCUT2D eigenvalue weighted by Gasteiger charge is -2.15. The molecule has 0 saturated heterocycles. The zero-order valence-electron chi connectivity index (χ0n) is 6.99. The van der Waals surface area contributed by atoms with Gasteiger partial charge in [0.05, 0.1) is 4.90 Å². The highest BCUT2D eigenvalue weighted by Crippen LogP contribution is 2.19. The Balaban J connectivity index is 2.85. The van der Waals surface area contributed by atoms with Crippen LogP contribution in [-0.4, -0.2) is 9.23 Å². The Hall–Kier alpha value is -1.44. The van der Waals surface area contributed by atoms with Gasteiger partial charge >= 0.3 is 0 Å². The summed E-state index contributed by atoms with van der Waals surface area (Å²) < 4.78 is 14.8. The van der Waals surface area contributed by atoms with E-state index in [-0.39, 0.29) is 0 Å². The summed E-state index contributed by atoms with van der Waals surface area (Å²) in [4.78, 5) is 0.757. The van der Waals surface area contributed by atoms with Gasteiger partial charge in [-0.25, -0.2) is 4.21 Å². The Labute approximate surface area is 77.7 Å². The van der Waals surface area contributed by atoms with Crippen molar-refractivity contribution in [3.63, 3.8) is 0 Å². The van der Waals surface area contributed by atoms with Gasteiger partial charge in [-0.1, -0.05) is 18.2 Å². The number of fused-ring (bicyclic) bond motifs is 1. The third-order valence-electron chi connectivity index (χ3n) is 1.93. The highest BCUT2D eigenvalue weighted by atomic mass is 32.2. The fourth-order valence-electron chi connectivity index (χ4n) is 1.28. The summed E-state index contributed by atoms with van der Waals surface area (Å²) in [5.41, 5.74) is 0.961. The van der Waals surface area contributed by atoms with E-state index < -0.39 is 9.71 Å². The van der Waals surface area contributed by atoms with E-state index in [0.717, 1.165) is 10.5 Å². The lowest BCUT2D eigenvalue weighted by Crippen LogP contribution is -2.22. The molecule has 1 N–H and O–H groups in total. The SMILES string of the molecule is C=C=S1(=O)NC=Cc2ccccc21. The molecule has 0 fully saturated rings. The molecule has 0 bridgehead atoms. The summed E-state index contributed by atoms with van der Waals surface area (Å²) in [5, 5.41) is 2.55. The summed E-state index contributed by atoms with van der Waals surface area (Å²) in [6.07, 6.45) is 3.55.